The van der Waals surface area contributed by atoms with Gasteiger partial charge < -0.3 is 14.8 Å². The maximum atomic E-state index is 12.0. The fraction of sp³-hybridized carbons (Fsp3) is 0.130. The van der Waals surface area contributed by atoms with Crippen molar-refractivity contribution in [3.8, 4) is 5.75 Å². The molecule has 146 valence electrons. The molecule has 0 aliphatic rings. The van der Waals surface area contributed by atoms with Crippen LogP contribution in [0.15, 0.2) is 72.1 Å². The number of thiazole rings is 1. The Morgan fingerprint density at radius 3 is 2.66 bits per heavy atom. The number of esters is 1. The molecule has 29 heavy (non-hydrogen) atoms. The summed E-state index contributed by atoms with van der Waals surface area (Å²) in [7, 11) is 0. The van der Waals surface area contributed by atoms with E-state index in [0.29, 0.717) is 11.4 Å². The van der Waals surface area contributed by atoms with Crippen molar-refractivity contribution in [1.29, 1.82) is 0 Å². The highest BCUT2D eigenvalue weighted by atomic mass is 32.1. The van der Waals surface area contributed by atoms with Crippen molar-refractivity contribution >= 4 is 38.9 Å². The summed E-state index contributed by atoms with van der Waals surface area (Å²) in [6, 6.07) is 21.8. The quantitative estimate of drug-likeness (QED) is 0.414. The van der Waals surface area contributed by atoms with Crippen LogP contribution >= 0.6 is 11.3 Å². The average molecular weight is 404 g/mol. The van der Waals surface area contributed by atoms with Gasteiger partial charge in [-0.25, -0.2) is 9.78 Å². The number of ether oxygens (including phenoxy) is 2. The van der Waals surface area contributed by atoms with E-state index in [-0.39, 0.29) is 13.2 Å². The van der Waals surface area contributed by atoms with Crippen LogP contribution in [-0.2, 0) is 16.1 Å². The minimum absolute atomic E-state index is 0.117. The average Bonchev–Trinajstić information content (AvgIpc) is 3.19. The maximum absolute atomic E-state index is 12.0. The van der Waals surface area contributed by atoms with Gasteiger partial charge in [-0.1, -0.05) is 48.0 Å². The number of hydrogen-bond donors (Lipinski definition) is 1. The molecular weight excluding hydrogens is 384 g/mol. The topological polar surface area (TPSA) is 60.5 Å². The normalized spacial score (nSPS) is 10.7. The van der Waals surface area contributed by atoms with E-state index in [0.717, 1.165) is 21.6 Å². The van der Waals surface area contributed by atoms with E-state index in [1.54, 1.807) is 0 Å². The van der Waals surface area contributed by atoms with Gasteiger partial charge in [0, 0.05) is 11.1 Å². The standard InChI is InChI=1S/C23H20N2O3S/c1-16-6-9-19(10-7-16)24-23-25-20(15-29-23)13-28-22(26)14-27-21-11-8-17-4-2-3-5-18(17)12-21/h2-12,15H,13-14H2,1H3,(H,24,25). The molecular formula is C23H20N2O3S. The lowest BCUT2D eigenvalue weighted by molar-refractivity contribution is -0.147. The highest BCUT2D eigenvalue weighted by Gasteiger charge is 2.08. The van der Waals surface area contributed by atoms with Crippen molar-refractivity contribution in [2.45, 2.75) is 13.5 Å². The van der Waals surface area contributed by atoms with E-state index >= 15 is 0 Å². The van der Waals surface area contributed by atoms with Crippen LogP contribution in [0.25, 0.3) is 10.8 Å². The van der Waals surface area contributed by atoms with Crippen LogP contribution in [0.3, 0.4) is 0 Å². The Kier molecular flexibility index (Phi) is 5.72. The molecule has 1 heterocycles. The maximum Gasteiger partial charge on any atom is 0.344 e. The molecule has 5 nitrogen and oxygen atoms in total. The molecule has 0 bridgehead atoms. The molecule has 0 aliphatic heterocycles. The van der Waals surface area contributed by atoms with E-state index in [1.165, 1.54) is 16.9 Å². The van der Waals surface area contributed by atoms with E-state index in [9.17, 15) is 4.79 Å². The number of benzene rings is 3. The third kappa shape index (κ3) is 5.12. The predicted molar refractivity (Wildman–Crippen MR) is 116 cm³/mol. The van der Waals surface area contributed by atoms with Crippen molar-refractivity contribution in [2.75, 3.05) is 11.9 Å². The fourth-order valence-corrected chi connectivity index (χ4v) is 3.50. The zero-order chi connectivity index (χ0) is 20.1. The molecule has 0 unspecified atom stereocenters. The summed E-state index contributed by atoms with van der Waals surface area (Å²) >= 11 is 1.47. The molecule has 4 rings (SSSR count). The largest absolute Gasteiger partial charge is 0.482 e. The molecule has 0 atom stereocenters. The van der Waals surface area contributed by atoms with Gasteiger partial charge in [0.1, 0.15) is 12.4 Å². The van der Waals surface area contributed by atoms with Gasteiger partial charge in [-0.2, -0.15) is 0 Å². The Hall–Kier alpha value is -3.38. The first-order chi connectivity index (χ1) is 14.2. The predicted octanol–water partition coefficient (Wildman–Crippen LogP) is 5.47. The molecule has 3 aromatic carbocycles. The van der Waals surface area contributed by atoms with Crippen LogP contribution in [-0.4, -0.2) is 17.6 Å². The Balaban J connectivity index is 1.26. The van der Waals surface area contributed by atoms with Crippen molar-refractivity contribution < 1.29 is 14.3 Å². The fourth-order valence-electron chi connectivity index (χ4n) is 2.79. The molecule has 0 saturated carbocycles. The zero-order valence-corrected chi connectivity index (χ0v) is 16.7. The molecule has 0 amide bonds. The van der Waals surface area contributed by atoms with Crippen molar-refractivity contribution in [3.63, 3.8) is 0 Å². The SMILES string of the molecule is Cc1ccc(Nc2nc(COC(=O)COc3ccc4ccccc4c3)cs2)cc1. The monoisotopic (exact) mass is 404 g/mol. The van der Waals surface area contributed by atoms with Crippen LogP contribution in [0.1, 0.15) is 11.3 Å². The van der Waals surface area contributed by atoms with Gasteiger partial charge in [0.05, 0.1) is 5.69 Å². The smallest absolute Gasteiger partial charge is 0.344 e. The first kappa shape index (κ1) is 19.0. The highest BCUT2D eigenvalue weighted by molar-refractivity contribution is 7.13. The summed E-state index contributed by atoms with van der Waals surface area (Å²) in [6.07, 6.45) is 0. The Morgan fingerprint density at radius 1 is 1.03 bits per heavy atom. The Bertz CT molecular complexity index is 1120. The third-order valence-electron chi connectivity index (χ3n) is 4.31. The number of anilines is 2. The zero-order valence-electron chi connectivity index (χ0n) is 15.9. The van der Waals surface area contributed by atoms with E-state index in [1.807, 2.05) is 79.0 Å². The minimum atomic E-state index is -0.431. The lowest BCUT2D eigenvalue weighted by Crippen LogP contribution is -2.14. The van der Waals surface area contributed by atoms with Crippen LogP contribution in [0.5, 0.6) is 5.75 Å². The second kappa shape index (κ2) is 8.75. The molecule has 1 N–H and O–H groups in total. The van der Waals surface area contributed by atoms with Gasteiger partial charge in [-0.15, -0.1) is 11.3 Å². The van der Waals surface area contributed by atoms with E-state index < -0.39 is 5.97 Å². The molecule has 0 radical (unpaired) electrons. The first-order valence-corrected chi connectivity index (χ1v) is 10.1. The second-order valence-corrected chi connectivity index (χ2v) is 7.45. The molecule has 1 aromatic heterocycles. The summed E-state index contributed by atoms with van der Waals surface area (Å²) < 4.78 is 10.8. The molecule has 0 fully saturated rings. The number of aromatic nitrogens is 1. The number of rotatable bonds is 7. The Labute approximate surface area is 172 Å². The summed E-state index contributed by atoms with van der Waals surface area (Å²) in [5, 5.41) is 8.06. The molecule has 6 heteroatoms. The van der Waals surface area contributed by atoms with E-state index in [2.05, 4.69) is 10.3 Å². The number of fused-ring (bicyclic) bond motifs is 1. The summed E-state index contributed by atoms with van der Waals surface area (Å²) in [6.45, 7) is 2.02. The highest BCUT2D eigenvalue weighted by Crippen LogP contribution is 2.22. The number of nitrogens with one attached hydrogen (secondary N) is 1. The minimum Gasteiger partial charge on any atom is -0.482 e. The number of carbonyl (C=O) groups is 1. The van der Waals surface area contributed by atoms with Gasteiger partial charge >= 0.3 is 5.97 Å². The van der Waals surface area contributed by atoms with Gasteiger partial charge in [-0.3, -0.25) is 0 Å². The molecule has 4 aromatic rings. The van der Waals surface area contributed by atoms with Gasteiger partial charge in [0.2, 0.25) is 0 Å². The lowest BCUT2D eigenvalue weighted by Gasteiger charge is -2.07. The van der Waals surface area contributed by atoms with Gasteiger partial charge in [0.25, 0.3) is 0 Å². The molecule has 0 spiro atoms. The molecule has 0 saturated heterocycles. The van der Waals surface area contributed by atoms with E-state index in [4.69, 9.17) is 9.47 Å². The van der Waals surface area contributed by atoms with Gasteiger partial charge in [-0.05, 0) is 42.0 Å². The third-order valence-corrected chi connectivity index (χ3v) is 5.12. The Morgan fingerprint density at radius 2 is 1.83 bits per heavy atom. The van der Waals surface area contributed by atoms with Crippen molar-refractivity contribution in [1.82, 2.24) is 4.98 Å². The summed E-state index contributed by atoms with van der Waals surface area (Å²) in [4.78, 5) is 16.4. The van der Waals surface area contributed by atoms with Crippen LogP contribution in [0, 0.1) is 6.92 Å². The van der Waals surface area contributed by atoms with Crippen LogP contribution in [0.4, 0.5) is 10.8 Å². The first-order valence-electron chi connectivity index (χ1n) is 9.21. The lowest BCUT2D eigenvalue weighted by atomic mass is 10.1. The van der Waals surface area contributed by atoms with Gasteiger partial charge in [0.15, 0.2) is 11.7 Å². The van der Waals surface area contributed by atoms with Crippen LogP contribution in [0.2, 0.25) is 0 Å². The second-order valence-electron chi connectivity index (χ2n) is 6.59. The van der Waals surface area contributed by atoms with Crippen molar-refractivity contribution in [2.24, 2.45) is 0 Å². The molecule has 0 aliphatic carbocycles. The van der Waals surface area contributed by atoms with Crippen LogP contribution < -0.4 is 10.1 Å². The summed E-state index contributed by atoms with van der Waals surface area (Å²) in [5.74, 6) is 0.207. The number of nitrogens with zero attached hydrogens (tertiary/aromatic N) is 1. The number of aryl methyl sites for hydroxylation is 1. The number of carbonyl (C=O) groups excluding carboxylic acids is 1. The van der Waals surface area contributed by atoms with Crippen molar-refractivity contribution in [3.05, 3.63) is 83.4 Å². The summed E-state index contributed by atoms with van der Waals surface area (Å²) in [5.41, 5.74) is 2.87. The number of hydrogen-bond acceptors (Lipinski definition) is 6.